The molecule has 4 unspecified atom stereocenters. The van der Waals surface area contributed by atoms with E-state index in [1.165, 1.54) is 11.8 Å². The van der Waals surface area contributed by atoms with Crippen LogP contribution in [-0.2, 0) is 25.2 Å². The Morgan fingerprint density at radius 2 is 1.97 bits per heavy atom. The average molecular weight is 531 g/mol. The molecule has 2 aliphatic heterocycles. The van der Waals surface area contributed by atoms with E-state index in [9.17, 15) is 9.59 Å². The van der Waals surface area contributed by atoms with Crippen molar-refractivity contribution in [2.45, 2.75) is 76.1 Å². The van der Waals surface area contributed by atoms with Crippen LogP contribution < -0.4 is 0 Å². The molecule has 0 aliphatic carbocycles. The van der Waals surface area contributed by atoms with E-state index in [0.717, 1.165) is 43.0 Å². The van der Waals surface area contributed by atoms with Crippen molar-refractivity contribution in [1.82, 2.24) is 0 Å². The van der Waals surface area contributed by atoms with E-state index in [0.29, 0.717) is 25.2 Å². The van der Waals surface area contributed by atoms with Crippen LogP contribution in [0.15, 0.2) is 66.3 Å². The largest absolute Gasteiger partial charge is 0.459 e. The van der Waals surface area contributed by atoms with Crippen LogP contribution in [0.3, 0.4) is 0 Å². The summed E-state index contributed by atoms with van der Waals surface area (Å²) < 4.78 is 18.0. The number of thioether (sulfide) groups is 1. The highest BCUT2D eigenvalue weighted by atomic mass is 32.2. The van der Waals surface area contributed by atoms with Crippen molar-refractivity contribution in [1.29, 1.82) is 0 Å². The van der Waals surface area contributed by atoms with Crippen LogP contribution in [0.2, 0.25) is 0 Å². The number of carbonyl (C=O) groups is 2. The lowest BCUT2D eigenvalue weighted by molar-refractivity contribution is -0.258. The number of esters is 1. The van der Waals surface area contributed by atoms with Crippen molar-refractivity contribution in [3.63, 3.8) is 0 Å². The molecule has 0 spiro atoms. The first kappa shape index (κ1) is 28.8. The maximum absolute atomic E-state index is 12.8. The second-order valence-corrected chi connectivity index (χ2v) is 12.9. The van der Waals surface area contributed by atoms with Crippen molar-refractivity contribution in [2.75, 3.05) is 19.5 Å². The summed E-state index contributed by atoms with van der Waals surface area (Å²) in [5, 5.41) is 0. The van der Waals surface area contributed by atoms with Gasteiger partial charge in [0.15, 0.2) is 5.79 Å². The Hall–Kier alpha value is -1.72. The summed E-state index contributed by atoms with van der Waals surface area (Å²) in [7, 11) is 0.661. The Morgan fingerprint density at radius 1 is 1.22 bits per heavy atom. The number of benzene rings is 1. The highest BCUT2D eigenvalue weighted by Gasteiger charge is 2.53. The summed E-state index contributed by atoms with van der Waals surface area (Å²) in [6.45, 7) is 4.56. The predicted octanol–water partition coefficient (Wildman–Crippen LogP) is 7.61. The molecule has 196 valence electrons. The standard InChI is InChI=1S/C29H39O5PS/c1-4-5-6-7-8-9-11-14-23(2)19-27(30)34-25-17-18-33-29(20-25,32-3)26-22-36-28(31)35(26)21-24-15-12-10-13-16-24/h6-10,12-13,15-16,19,25-26H,4-5,11,14,17-18,20-22H2,1-3H3/b7-6-,9-8+,23-19-. The molecule has 2 saturated heterocycles. The number of allylic oxidation sites excluding steroid dienone is 5. The number of hydrogen-bond donors (Lipinski definition) is 0. The number of carbonyl (C=O) groups excluding carboxylic acids is 2. The molecule has 0 aromatic heterocycles. The Morgan fingerprint density at radius 3 is 2.69 bits per heavy atom. The van der Waals surface area contributed by atoms with Crippen molar-refractivity contribution >= 4 is 30.5 Å². The van der Waals surface area contributed by atoms with Gasteiger partial charge in [-0.25, -0.2) is 4.79 Å². The number of methoxy groups -OCH3 is 1. The number of hydrogen-bond acceptors (Lipinski definition) is 6. The molecule has 7 heteroatoms. The van der Waals surface area contributed by atoms with Crippen LogP contribution in [0.5, 0.6) is 0 Å². The normalized spacial score (nSPS) is 27.2. The van der Waals surface area contributed by atoms with E-state index in [2.05, 4.69) is 43.4 Å². The van der Waals surface area contributed by atoms with E-state index < -0.39 is 13.7 Å². The summed E-state index contributed by atoms with van der Waals surface area (Å²) in [6, 6.07) is 10.1. The third kappa shape index (κ3) is 8.41. The summed E-state index contributed by atoms with van der Waals surface area (Å²) in [6.07, 6.45) is 15.5. The zero-order valence-electron chi connectivity index (χ0n) is 21.7. The summed E-state index contributed by atoms with van der Waals surface area (Å²) >= 11 is 1.38. The maximum Gasteiger partial charge on any atom is 0.330 e. The summed E-state index contributed by atoms with van der Waals surface area (Å²) in [4.78, 5) is 25.7. The van der Waals surface area contributed by atoms with Crippen molar-refractivity contribution in [3.8, 4) is 0 Å². The minimum Gasteiger partial charge on any atom is -0.459 e. The Bertz CT molecular complexity index is 944. The van der Waals surface area contributed by atoms with E-state index in [4.69, 9.17) is 14.2 Å². The van der Waals surface area contributed by atoms with Gasteiger partial charge in [0.05, 0.1) is 12.3 Å². The van der Waals surface area contributed by atoms with Gasteiger partial charge in [-0.1, -0.05) is 85.3 Å². The fraction of sp³-hybridized carbons (Fsp3) is 0.517. The Balaban J connectivity index is 1.57. The zero-order valence-corrected chi connectivity index (χ0v) is 23.4. The number of ether oxygens (including phenoxy) is 3. The third-order valence-electron chi connectivity index (χ3n) is 6.51. The molecule has 0 radical (unpaired) electrons. The fourth-order valence-electron chi connectivity index (χ4n) is 4.52. The van der Waals surface area contributed by atoms with Crippen LogP contribution in [0, 0.1) is 0 Å². The molecular formula is C29H39O5PS. The van der Waals surface area contributed by atoms with Gasteiger partial charge in [0.25, 0.3) is 0 Å². The van der Waals surface area contributed by atoms with Crippen LogP contribution in [0.1, 0.15) is 57.9 Å². The Labute approximate surface area is 221 Å². The molecule has 0 amide bonds. The first-order chi connectivity index (χ1) is 17.5. The quantitative estimate of drug-likeness (QED) is 0.120. The average Bonchev–Trinajstić information content (AvgIpc) is 3.24. The lowest BCUT2D eigenvalue weighted by Crippen LogP contribution is -2.52. The first-order valence-corrected chi connectivity index (χ1v) is 15.4. The molecule has 36 heavy (non-hydrogen) atoms. The fourth-order valence-corrected chi connectivity index (χ4v) is 9.45. The lowest BCUT2D eigenvalue weighted by atomic mass is 9.99. The number of rotatable bonds is 12. The smallest absolute Gasteiger partial charge is 0.330 e. The minimum absolute atomic E-state index is 0.0350. The second-order valence-electron chi connectivity index (χ2n) is 9.30. The molecule has 0 bridgehead atoms. The molecule has 1 aromatic carbocycles. The van der Waals surface area contributed by atoms with E-state index in [-0.39, 0.29) is 22.6 Å². The second kappa shape index (κ2) is 14.9. The molecular weight excluding hydrogens is 491 g/mol. The van der Waals surface area contributed by atoms with Gasteiger partial charge in [0, 0.05) is 37.9 Å². The molecule has 5 nitrogen and oxygen atoms in total. The highest BCUT2D eigenvalue weighted by molar-refractivity contribution is 8.27. The minimum atomic E-state index is -0.980. The van der Waals surface area contributed by atoms with Gasteiger partial charge in [-0.15, -0.1) is 0 Å². The van der Waals surface area contributed by atoms with Crippen molar-refractivity contribution < 1.29 is 23.8 Å². The van der Waals surface area contributed by atoms with Crippen LogP contribution in [0.25, 0.3) is 0 Å². The lowest BCUT2D eigenvalue weighted by Gasteiger charge is -2.44. The van der Waals surface area contributed by atoms with E-state index in [1.54, 1.807) is 13.2 Å². The Kier molecular flexibility index (Phi) is 11.9. The summed E-state index contributed by atoms with van der Waals surface area (Å²) in [5.41, 5.74) is 2.12. The molecule has 2 fully saturated rings. The van der Waals surface area contributed by atoms with Crippen LogP contribution >= 0.6 is 19.7 Å². The van der Waals surface area contributed by atoms with E-state index >= 15 is 0 Å². The topological polar surface area (TPSA) is 61.8 Å². The van der Waals surface area contributed by atoms with Crippen molar-refractivity contribution in [2.24, 2.45) is 0 Å². The van der Waals surface area contributed by atoms with Gasteiger partial charge in [-0.2, -0.15) is 0 Å². The van der Waals surface area contributed by atoms with Gasteiger partial charge in [0.1, 0.15) is 6.10 Å². The van der Waals surface area contributed by atoms with Crippen LogP contribution in [0.4, 0.5) is 4.79 Å². The predicted molar refractivity (Wildman–Crippen MR) is 150 cm³/mol. The molecule has 2 heterocycles. The maximum atomic E-state index is 12.8. The molecule has 0 N–H and O–H groups in total. The molecule has 1 aromatic rings. The van der Waals surface area contributed by atoms with Crippen LogP contribution in [-0.4, -0.2) is 47.8 Å². The van der Waals surface area contributed by atoms with Gasteiger partial charge in [-0.3, -0.25) is 4.79 Å². The first-order valence-electron chi connectivity index (χ1n) is 12.8. The monoisotopic (exact) mass is 530 g/mol. The number of unbranched alkanes of at least 4 members (excludes halogenated alkanes) is 1. The van der Waals surface area contributed by atoms with Gasteiger partial charge in [-0.05, 0) is 39.7 Å². The highest BCUT2D eigenvalue weighted by Crippen LogP contribution is 2.61. The zero-order chi connectivity index (χ0) is 25.8. The van der Waals surface area contributed by atoms with E-state index in [1.807, 2.05) is 25.1 Å². The SMILES string of the molecule is CCC/C=C\C=C\CC/C(C)=C\C(=O)OC1CCOC(OC)(C2CSC(=O)P2Cc2ccccc2)C1. The molecule has 3 rings (SSSR count). The molecule has 2 aliphatic rings. The van der Waals surface area contributed by atoms with Gasteiger partial charge in [0.2, 0.25) is 4.86 Å². The van der Waals surface area contributed by atoms with Gasteiger partial charge >= 0.3 is 5.97 Å². The summed E-state index contributed by atoms with van der Waals surface area (Å²) in [5.74, 6) is -0.552. The van der Waals surface area contributed by atoms with Gasteiger partial charge < -0.3 is 14.2 Å². The molecule has 4 atom stereocenters. The third-order valence-corrected chi connectivity index (χ3v) is 11.1. The molecule has 0 saturated carbocycles. The van der Waals surface area contributed by atoms with Crippen molar-refractivity contribution in [3.05, 3.63) is 71.8 Å².